The number of hydrogen-bond donors (Lipinski definition) is 0. The standard InChI is InChI=1S/C12H9NO2/c1-2-6-11-10(5-1)9-12(13-11)7-3-4-8-14-15-12/h1-9H. The minimum atomic E-state index is -0.798. The van der Waals surface area contributed by atoms with Gasteiger partial charge in [-0.2, -0.15) is 0 Å². The van der Waals surface area contributed by atoms with Gasteiger partial charge in [-0.25, -0.2) is 4.99 Å². The third-order valence-corrected chi connectivity index (χ3v) is 2.36. The van der Waals surface area contributed by atoms with Crippen molar-refractivity contribution in [2.24, 2.45) is 4.99 Å². The molecule has 0 aliphatic carbocycles. The fourth-order valence-corrected chi connectivity index (χ4v) is 1.69. The summed E-state index contributed by atoms with van der Waals surface area (Å²) in [5.74, 6) is 0. The Balaban J connectivity index is 2.16. The predicted octanol–water partition coefficient (Wildman–Crippen LogP) is 0.828. The van der Waals surface area contributed by atoms with Crippen molar-refractivity contribution in [1.82, 2.24) is 0 Å². The zero-order valence-electron chi connectivity index (χ0n) is 7.96. The Morgan fingerprint density at radius 1 is 1.13 bits per heavy atom. The average molecular weight is 199 g/mol. The fraction of sp³-hybridized carbons (Fsp3) is 0.0833. The SMILES string of the molecule is C1=COOC2(C=C1)C=c1ccccc1=N2. The van der Waals surface area contributed by atoms with Gasteiger partial charge < -0.3 is 4.89 Å². The number of benzene rings is 1. The Hall–Kier alpha value is -1.87. The lowest BCUT2D eigenvalue weighted by molar-refractivity contribution is -0.288. The Morgan fingerprint density at radius 2 is 2.07 bits per heavy atom. The number of fused-ring (bicyclic) bond motifs is 1. The first kappa shape index (κ1) is 8.44. The zero-order valence-corrected chi connectivity index (χ0v) is 7.96. The van der Waals surface area contributed by atoms with Crippen LogP contribution in [0.25, 0.3) is 6.08 Å². The van der Waals surface area contributed by atoms with Gasteiger partial charge in [0.25, 0.3) is 0 Å². The molecular weight excluding hydrogens is 190 g/mol. The van der Waals surface area contributed by atoms with Gasteiger partial charge in [0.1, 0.15) is 6.26 Å². The summed E-state index contributed by atoms with van der Waals surface area (Å²) in [5.41, 5.74) is -0.798. The van der Waals surface area contributed by atoms with E-state index in [1.54, 1.807) is 6.08 Å². The van der Waals surface area contributed by atoms with Crippen molar-refractivity contribution < 1.29 is 9.78 Å². The van der Waals surface area contributed by atoms with Gasteiger partial charge in [0, 0.05) is 5.22 Å². The smallest absolute Gasteiger partial charge is 0.243 e. The highest BCUT2D eigenvalue weighted by Gasteiger charge is 2.29. The van der Waals surface area contributed by atoms with Crippen LogP contribution in [0.4, 0.5) is 0 Å². The zero-order chi connectivity index (χ0) is 10.1. The molecule has 0 N–H and O–H groups in total. The molecule has 0 bridgehead atoms. The van der Waals surface area contributed by atoms with Crippen molar-refractivity contribution in [3.8, 4) is 0 Å². The summed E-state index contributed by atoms with van der Waals surface area (Å²) in [4.78, 5) is 14.6. The molecule has 2 aliphatic rings. The van der Waals surface area contributed by atoms with E-state index < -0.39 is 5.72 Å². The van der Waals surface area contributed by atoms with E-state index in [9.17, 15) is 0 Å². The molecule has 3 nitrogen and oxygen atoms in total. The Bertz CT molecular complexity index is 522. The molecule has 3 rings (SSSR count). The first-order chi connectivity index (χ1) is 7.38. The van der Waals surface area contributed by atoms with Gasteiger partial charge in [-0.15, -0.1) is 4.89 Å². The third-order valence-electron chi connectivity index (χ3n) is 2.36. The number of para-hydroxylation sites is 1. The molecule has 1 aromatic carbocycles. The molecule has 0 saturated heterocycles. The van der Waals surface area contributed by atoms with Crippen LogP contribution in [0.15, 0.2) is 53.7 Å². The van der Waals surface area contributed by atoms with Crippen molar-refractivity contribution in [3.63, 3.8) is 0 Å². The summed E-state index contributed by atoms with van der Waals surface area (Å²) in [6, 6.07) is 7.89. The average Bonchev–Trinajstić information content (AvgIpc) is 2.45. The fourth-order valence-electron chi connectivity index (χ4n) is 1.69. The summed E-state index contributed by atoms with van der Waals surface area (Å²) in [6.45, 7) is 0. The maximum absolute atomic E-state index is 5.24. The van der Waals surface area contributed by atoms with Gasteiger partial charge >= 0.3 is 0 Å². The highest BCUT2D eigenvalue weighted by atomic mass is 17.2. The highest BCUT2D eigenvalue weighted by Crippen LogP contribution is 2.21. The maximum Gasteiger partial charge on any atom is 0.243 e. The van der Waals surface area contributed by atoms with Crippen molar-refractivity contribution in [3.05, 3.63) is 59.3 Å². The van der Waals surface area contributed by atoms with Crippen molar-refractivity contribution >= 4 is 6.08 Å². The second kappa shape index (κ2) is 3.07. The first-order valence-electron chi connectivity index (χ1n) is 4.75. The molecule has 2 heterocycles. The van der Waals surface area contributed by atoms with Crippen molar-refractivity contribution in [2.45, 2.75) is 5.72 Å². The second-order valence-electron chi connectivity index (χ2n) is 3.43. The summed E-state index contributed by atoms with van der Waals surface area (Å²) < 4.78 is 0. The summed E-state index contributed by atoms with van der Waals surface area (Å²) in [7, 11) is 0. The largest absolute Gasteiger partial charge is 0.342 e. The van der Waals surface area contributed by atoms with Crippen LogP contribution in [-0.2, 0) is 9.78 Å². The molecule has 0 fully saturated rings. The van der Waals surface area contributed by atoms with Gasteiger partial charge in [-0.3, -0.25) is 0 Å². The Labute approximate surface area is 86.6 Å². The molecule has 0 radical (unpaired) electrons. The number of nitrogens with zero attached hydrogens (tertiary/aromatic N) is 1. The molecule has 74 valence electrons. The van der Waals surface area contributed by atoms with Crippen molar-refractivity contribution in [1.29, 1.82) is 0 Å². The molecule has 1 spiro atoms. The first-order valence-corrected chi connectivity index (χ1v) is 4.75. The lowest BCUT2D eigenvalue weighted by atomic mass is 10.2. The van der Waals surface area contributed by atoms with Gasteiger partial charge in [0.15, 0.2) is 0 Å². The lowest BCUT2D eigenvalue weighted by Crippen LogP contribution is -2.22. The van der Waals surface area contributed by atoms with Crippen LogP contribution in [0.2, 0.25) is 0 Å². The van der Waals surface area contributed by atoms with E-state index >= 15 is 0 Å². The van der Waals surface area contributed by atoms with E-state index in [-0.39, 0.29) is 0 Å². The number of rotatable bonds is 0. The minimum absolute atomic E-state index is 0.798. The second-order valence-corrected chi connectivity index (χ2v) is 3.43. The Kier molecular flexibility index (Phi) is 1.73. The van der Waals surface area contributed by atoms with Crippen LogP contribution in [0.3, 0.4) is 0 Å². The van der Waals surface area contributed by atoms with Crippen LogP contribution in [-0.4, -0.2) is 5.72 Å². The quantitative estimate of drug-likeness (QED) is 0.579. The number of hydrogen-bond acceptors (Lipinski definition) is 3. The van der Waals surface area contributed by atoms with Crippen LogP contribution in [0.5, 0.6) is 0 Å². The van der Waals surface area contributed by atoms with Crippen LogP contribution < -0.4 is 10.6 Å². The van der Waals surface area contributed by atoms with Crippen molar-refractivity contribution in [2.75, 3.05) is 0 Å². The summed E-state index contributed by atoms with van der Waals surface area (Å²) >= 11 is 0. The molecule has 1 unspecified atom stereocenters. The predicted molar refractivity (Wildman–Crippen MR) is 54.9 cm³/mol. The van der Waals surface area contributed by atoms with E-state index in [4.69, 9.17) is 9.78 Å². The monoisotopic (exact) mass is 199 g/mol. The molecule has 3 heteroatoms. The van der Waals surface area contributed by atoms with E-state index in [2.05, 4.69) is 4.99 Å². The van der Waals surface area contributed by atoms with Crippen LogP contribution >= 0.6 is 0 Å². The van der Waals surface area contributed by atoms with Crippen LogP contribution in [0.1, 0.15) is 0 Å². The molecule has 0 saturated carbocycles. The molecule has 1 aromatic rings. The molecular formula is C12H9NO2. The van der Waals surface area contributed by atoms with Gasteiger partial charge in [-0.1, -0.05) is 24.3 Å². The lowest BCUT2D eigenvalue weighted by Gasteiger charge is -2.15. The molecule has 0 aromatic heterocycles. The molecule has 0 amide bonds. The topological polar surface area (TPSA) is 30.8 Å². The van der Waals surface area contributed by atoms with Gasteiger partial charge in [-0.05, 0) is 24.3 Å². The molecule has 2 aliphatic heterocycles. The normalized spacial score (nSPS) is 26.4. The summed E-state index contributed by atoms with van der Waals surface area (Å²) in [6.07, 6.45) is 8.90. The van der Waals surface area contributed by atoms with E-state index in [0.29, 0.717) is 0 Å². The third kappa shape index (κ3) is 1.37. The minimum Gasteiger partial charge on any atom is -0.342 e. The van der Waals surface area contributed by atoms with Crippen LogP contribution in [0, 0.1) is 0 Å². The molecule has 15 heavy (non-hydrogen) atoms. The van der Waals surface area contributed by atoms with E-state index in [1.807, 2.05) is 42.5 Å². The number of allylic oxidation sites excluding steroid dienone is 2. The van der Waals surface area contributed by atoms with E-state index in [1.165, 1.54) is 6.26 Å². The summed E-state index contributed by atoms with van der Waals surface area (Å²) in [5, 5.41) is 1.99. The van der Waals surface area contributed by atoms with Gasteiger partial charge in [0.05, 0.1) is 5.36 Å². The Morgan fingerprint density at radius 3 is 3.00 bits per heavy atom. The maximum atomic E-state index is 5.24. The van der Waals surface area contributed by atoms with Gasteiger partial charge in [0.2, 0.25) is 5.72 Å². The van der Waals surface area contributed by atoms with E-state index in [0.717, 1.165) is 10.6 Å². The highest BCUT2D eigenvalue weighted by molar-refractivity contribution is 5.44. The molecule has 1 atom stereocenters.